The lowest BCUT2D eigenvalue weighted by Crippen LogP contribution is -2.68. The zero-order chi connectivity index (χ0) is 33.7. The second-order valence-electron chi connectivity index (χ2n) is 16.7. The number of ketones is 1. The number of carbonyl (C=O) groups is 2. The van der Waals surface area contributed by atoms with Gasteiger partial charge in [-0.05, 0) is 115 Å². The Labute approximate surface area is 274 Å². The van der Waals surface area contributed by atoms with Gasteiger partial charge in [-0.15, -0.1) is 0 Å². The monoisotopic (exact) mass is 652 g/mol. The number of alkyl halides is 3. The van der Waals surface area contributed by atoms with Gasteiger partial charge in [-0.3, -0.25) is 14.9 Å². The highest BCUT2D eigenvalue weighted by molar-refractivity contribution is 5.95. The van der Waals surface area contributed by atoms with Gasteiger partial charge in [0.15, 0.2) is 5.78 Å². The van der Waals surface area contributed by atoms with Crippen molar-refractivity contribution in [2.75, 3.05) is 5.32 Å². The maximum atomic E-state index is 14.4. The van der Waals surface area contributed by atoms with Crippen molar-refractivity contribution < 1.29 is 32.4 Å². The Morgan fingerprint density at radius 2 is 1.68 bits per heavy atom. The highest BCUT2D eigenvalue weighted by atomic mass is 19.4. The molecule has 9 heteroatoms. The Morgan fingerprint density at radius 3 is 2.38 bits per heavy atom. The number of fused-ring (bicyclic) bond motifs is 7. The molecule has 5 aliphatic rings. The van der Waals surface area contributed by atoms with Gasteiger partial charge in [-0.2, -0.15) is 13.2 Å². The lowest BCUT2D eigenvalue weighted by atomic mass is 9.33. The second kappa shape index (κ2) is 10.8. The van der Waals surface area contributed by atoms with Gasteiger partial charge < -0.3 is 9.63 Å². The van der Waals surface area contributed by atoms with Crippen LogP contribution in [0.3, 0.4) is 0 Å². The van der Waals surface area contributed by atoms with Crippen LogP contribution in [0.1, 0.15) is 98.0 Å². The highest BCUT2D eigenvalue weighted by Crippen LogP contribution is 2.74. The van der Waals surface area contributed by atoms with Crippen molar-refractivity contribution in [3.63, 3.8) is 0 Å². The summed E-state index contributed by atoms with van der Waals surface area (Å²) < 4.78 is 44.3. The number of benzene rings is 1. The Kier molecular flexibility index (Phi) is 7.48. The van der Waals surface area contributed by atoms with E-state index in [1.807, 2.05) is 6.08 Å². The molecule has 0 aliphatic heterocycles. The number of aliphatic hydroxyl groups is 1. The zero-order valence-electron chi connectivity index (χ0n) is 28.0. The van der Waals surface area contributed by atoms with Crippen LogP contribution in [-0.2, 0) is 15.8 Å². The predicted molar refractivity (Wildman–Crippen MR) is 172 cm³/mol. The summed E-state index contributed by atoms with van der Waals surface area (Å²) in [6.45, 7) is 11.4. The number of hydrogen-bond donors (Lipinski definition) is 2. The Morgan fingerprint density at radius 1 is 0.979 bits per heavy atom. The second-order valence-corrected chi connectivity index (χ2v) is 16.7. The molecule has 2 N–H and O–H groups in total. The third-order valence-electron chi connectivity index (χ3n) is 14.6. The minimum Gasteiger partial charge on any atom is -0.393 e. The van der Waals surface area contributed by atoms with Crippen LogP contribution in [0.15, 0.2) is 46.5 Å². The molecule has 4 fully saturated rings. The number of aromatic nitrogens is 1. The molecule has 7 unspecified atom stereocenters. The third-order valence-corrected chi connectivity index (χ3v) is 14.6. The van der Waals surface area contributed by atoms with Crippen LogP contribution in [0, 0.1) is 51.2 Å². The lowest BCUT2D eigenvalue weighted by Gasteiger charge is -2.71. The number of halogens is 3. The van der Waals surface area contributed by atoms with Crippen molar-refractivity contribution >= 4 is 17.6 Å². The topological polar surface area (TPSA) is 92.4 Å². The molecule has 5 aliphatic carbocycles. The van der Waals surface area contributed by atoms with Gasteiger partial charge in [0.1, 0.15) is 5.69 Å². The summed E-state index contributed by atoms with van der Waals surface area (Å²) in [5.41, 5.74) is 0.528. The van der Waals surface area contributed by atoms with Crippen LogP contribution in [0.4, 0.5) is 19.1 Å². The number of aliphatic hydroxyl groups excluding tert-OH is 1. The summed E-state index contributed by atoms with van der Waals surface area (Å²) in [4.78, 5) is 28.0. The highest BCUT2D eigenvalue weighted by Gasteiger charge is 2.70. The van der Waals surface area contributed by atoms with E-state index in [4.69, 9.17) is 4.52 Å². The largest absolute Gasteiger partial charge is 0.416 e. The maximum absolute atomic E-state index is 14.4. The minimum atomic E-state index is -4.42. The molecule has 2 aromatic rings. The van der Waals surface area contributed by atoms with Crippen molar-refractivity contribution in [1.29, 1.82) is 0 Å². The number of amides is 1. The van der Waals surface area contributed by atoms with Crippen LogP contribution >= 0.6 is 0 Å². The molecule has 0 radical (unpaired) electrons. The average Bonchev–Trinajstić information content (AvgIpc) is 3.49. The Balaban J connectivity index is 1.09. The molecule has 1 amide bonds. The Hall–Kier alpha value is -2.94. The molecular weight excluding hydrogens is 605 g/mol. The summed E-state index contributed by atoms with van der Waals surface area (Å²) in [7, 11) is 0. The number of hydrogen-bond acceptors (Lipinski definition) is 5. The van der Waals surface area contributed by atoms with Crippen molar-refractivity contribution in [2.45, 2.75) is 105 Å². The van der Waals surface area contributed by atoms with E-state index in [-0.39, 0.29) is 63.1 Å². The summed E-state index contributed by atoms with van der Waals surface area (Å²) in [5.74, 6) is 0.866. The molecule has 6 nitrogen and oxygen atoms in total. The van der Waals surface area contributed by atoms with Gasteiger partial charge in [0, 0.05) is 23.5 Å². The van der Waals surface area contributed by atoms with Crippen LogP contribution in [-0.4, -0.2) is 28.1 Å². The third kappa shape index (κ3) is 4.79. The molecule has 7 rings (SSSR count). The number of nitrogens with zero attached hydrogens (tertiary/aromatic N) is 1. The van der Waals surface area contributed by atoms with E-state index < -0.39 is 11.7 Å². The molecule has 1 heterocycles. The summed E-state index contributed by atoms with van der Waals surface area (Å²) in [6.07, 6.45) is 5.27. The number of carbonyl (C=O) groups excluding carboxylic acids is 2. The Bertz CT molecular complexity index is 1610. The first kappa shape index (κ1) is 32.6. The van der Waals surface area contributed by atoms with E-state index >= 15 is 0 Å². The molecule has 4 saturated carbocycles. The molecule has 254 valence electrons. The molecule has 1 aromatic heterocycles. The number of nitrogens with one attached hydrogen (secondary N) is 1. The zero-order valence-corrected chi connectivity index (χ0v) is 28.0. The smallest absolute Gasteiger partial charge is 0.393 e. The van der Waals surface area contributed by atoms with Crippen molar-refractivity contribution in [3.8, 4) is 11.3 Å². The van der Waals surface area contributed by atoms with Crippen molar-refractivity contribution in [2.24, 2.45) is 51.2 Å². The van der Waals surface area contributed by atoms with Gasteiger partial charge in [0.2, 0.25) is 11.8 Å². The van der Waals surface area contributed by atoms with E-state index in [9.17, 15) is 27.9 Å². The molecule has 0 spiro atoms. The lowest BCUT2D eigenvalue weighted by molar-refractivity contribution is -0.232. The molecular formula is C38H47F3N2O4. The van der Waals surface area contributed by atoms with E-state index in [1.165, 1.54) is 23.8 Å². The standard InChI is InChI=1S/C38H47F3N2O4/c1-34(2)30(45)14-15-36(4)32-29(44)19-26-25-18-23(7-6-21(25)10-13-27(26)35(32,3)16-17-37(34,36)5)33(46)42-31-20-28(43-47-31)22-8-11-24(12-9-22)38(39,40)41/h8-9,11-12,19-21,23,25,27,30,32,45H,6-7,10,13-18H2,1-5H3,(H,42,46)/t21?,23?,25?,27?,30?,32?,35-,36+,37?/m0/s1. The van der Waals surface area contributed by atoms with Gasteiger partial charge in [-0.1, -0.05) is 57.5 Å². The fraction of sp³-hybridized carbons (Fsp3) is 0.658. The van der Waals surface area contributed by atoms with E-state index in [2.05, 4.69) is 45.1 Å². The van der Waals surface area contributed by atoms with Crippen LogP contribution in [0.25, 0.3) is 11.3 Å². The molecule has 9 atom stereocenters. The molecule has 0 saturated heterocycles. The van der Waals surface area contributed by atoms with E-state index in [0.29, 0.717) is 29.5 Å². The maximum Gasteiger partial charge on any atom is 0.416 e. The molecule has 0 bridgehead atoms. The first-order valence-electron chi connectivity index (χ1n) is 17.4. The van der Waals surface area contributed by atoms with Crippen LogP contribution < -0.4 is 5.32 Å². The fourth-order valence-corrected chi connectivity index (χ4v) is 11.4. The van der Waals surface area contributed by atoms with Crippen LogP contribution in [0.5, 0.6) is 0 Å². The minimum absolute atomic E-state index is 0.0844. The number of rotatable bonds is 3. The fourth-order valence-electron chi connectivity index (χ4n) is 11.4. The van der Waals surface area contributed by atoms with E-state index in [1.54, 1.807) is 0 Å². The van der Waals surface area contributed by atoms with Gasteiger partial charge >= 0.3 is 6.18 Å². The van der Waals surface area contributed by atoms with Gasteiger partial charge in [-0.25, -0.2) is 0 Å². The van der Waals surface area contributed by atoms with Gasteiger partial charge in [0.05, 0.1) is 11.7 Å². The average molecular weight is 653 g/mol. The predicted octanol–water partition coefficient (Wildman–Crippen LogP) is 8.86. The molecule has 47 heavy (non-hydrogen) atoms. The van der Waals surface area contributed by atoms with Crippen LogP contribution in [0.2, 0.25) is 0 Å². The normalized spacial score (nSPS) is 39.5. The van der Waals surface area contributed by atoms with Gasteiger partial charge in [0.25, 0.3) is 0 Å². The summed E-state index contributed by atoms with van der Waals surface area (Å²) in [6, 6.07) is 6.21. The first-order valence-corrected chi connectivity index (χ1v) is 17.4. The molecule has 1 aromatic carbocycles. The number of allylic oxidation sites excluding steroid dienone is 2. The van der Waals surface area contributed by atoms with E-state index in [0.717, 1.165) is 63.5 Å². The quantitative estimate of drug-likeness (QED) is 0.346. The van der Waals surface area contributed by atoms with Crippen molar-refractivity contribution in [3.05, 3.63) is 47.5 Å². The van der Waals surface area contributed by atoms with Crippen molar-refractivity contribution in [1.82, 2.24) is 5.16 Å². The summed E-state index contributed by atoms with van der Waals surface area (Å²) >= 11 is 0. The summed E-state index contributed by atoms with van der Waals surface area (Å²) in [5, 5.41) is 17.9. The first-order chi connectivity index (χ1) is 22.0. The SMILES string of the molecule is CC1(C)C(O)CC[C@]2(C)C3C(=O)C=C4C5CC(C(=O)Nc6cc(-c7ccc(C(F)(F)F)cc7)no6)CCC5CCC4[C@]3(C)CCC12C. The number of anilines is 1.